The molecule has 0 spiro atoms. The first-order valence-corrected chi connectivity index (χ1v) is 9.12. The van der Waals surface area contributed by atoms with E-state index in [0.717, 1.165) is 43.3 Å². The van der Waals surface area contributed by atoms with E-state index in [9.17, 15) is 0 Å². The van der Waals surface area contributed by atoms with E-state index in [1.807, 2.05) is 19.1 Å². The third kappa shape index (κ3) is 6.77. The number of halogens is 1. The Morgan fingerprint density at radius 3 is 2.33 bits per heavy atom. The summed E-state index contributed by atoms with van der Waals surface area (Å²) in [5.41, 5.74) is 3.60. The molecular formula is C21H28ClN3O2. The van der Waals surface area contributed by atoms with Crippen LogP contribution in [0.4, 0.5) is 5.69 Å². The molecule has 1 heterocycles. The minimum atomic E-state index is 0. The molecule has 0 saturated heterocycles. The number of methoxy groups -OCH3 is 1. The van der Waals surface area contributed by atoms with Crippen molar-refractivity contribution < 1.29 is 9.47 Å². The van der Waals surface area contributed by atoms with Gasteiger partial charge >= 0.3 is 0 Å². The Hall–Kier alpha value is -2.24. The van der Waals surface area contributed by atoms with Gasteiger partial charge in [-0.3, -0.25) is 4.99 Å². The van der Waals surface area contributed by atoms with Gasteiger partial charge in [-0.1, -0.05) is 24.3 Å². The molecule has 0 radical (unpaired) electrons. The number of aliphatic imine (C=N–C) groups is 1. The number of ether oxygens (including phenoxy) is 2. The van der Waals surface area contributed by atoms with E-state index in [1.165, 1.54) is 11.1 Å². The van der Waals surface area contributed by atoms with E-state index in [1.54, 1.807) is 7.11 Å². The minimum Gasteiger partial charge on any atom is -0.493 e. The summed E-state index contributed by atoms with van der Waals surface area (Å²) in [6.07, 6.45) is 2.02. The van der Waals surface area contributed by atoms with Crippen molar-refractivity contribution in [3.8, 4) is 5.75 Å². The summed E-state index contributed by atoms with van der Waals surface area (Å²) >= 11 is 0. The molecule has 6 heteroatoms. The first-order valence-electron chi connectivity index (χ1n) is 9.12. The van der Waals surface area contributed by atoms with Crippen LogP contribution >= 0.6 is 12.4 Å². The van der Waals surface area contributed by atoms with Gasteiger partial charge in [-0.05, 0) is 48.7 Å². The minimum absolute atomic E-state index is 0. The Morgan fingerprint density at radius 1 is 1.07 bits per heavy atom. The zero-order chi connectivity index (χ0) is 18.2. The van der Waals surface area contributed by atoms with Gasteiger partial charge in [0.25, 0.3) is 0 Å². The molecule has 0 aliphatic carbocycles. The molecule has 1 atom stereocenters. The molecule has 0 aromatic heterocycles. The third-order valence-electron chi connectivity index (χ3n) is 4.42. The molecule has 0 amide bonds. The van der Waals surface area contributed by atoms with Crippen LogP contribution in [-0.2, 0) is 11.2 Å². The molecule has 0 fully saturated rings. The average molecular weight is 390 g/mol. The highest BCUT2D eigenvalue weighted by Gasteiger charge is 2.05. The molecule has 2 aromatic rings. The number of hydrogen-bond donors (Lipinski definition) is 2. The summed E-state index contributed by atoms with van der Waals surface area (Å²) < 4.78 is 11.0. The van der Waals surface area contributed by atoms with Crippen molar-refractivity contribution in [1.29, 1.82) is 0 Å². The highest BCUT2D eigenvalue weighted by molar-refractivity contribution is 5.94. The van der Waals surface area contributed by atoms with Crippen LogP contribution in [0, 0.1) is 0 Å². The molecule has 1 aliphatic rings. The van der Waals surface area contributed by atoms with Crippen molar-refractivity contribution in [2.75, 3.05) is 32.1 Å². The van der Waals surface area contributed by atoms with E-state index in [2.05, 4.69) is 52.0 Å². The summed E-state index contributed by atoms with van der Waals surface area (Å²) in [5, 5.41) is 6.49. The van der Waals surface area contributed by atoms with Gasteiger partial charge in [-0.2, -0.15) is 0 Å². The lowest BCUT2D eigenvalue weighted by Crippen LogP contribution is -2.26. The molecule has 2 N–H and O–H groups in total. The van der Waals surface area contributed by atoms with E-state index >= 15 is 0 Å². The number of rotatable bonds is 8. The second-order valence-electron chi connectivity index (χ2n) is 6.48. The largest absolute Gasteiger partial charge is 0.493 e. The highest BCUT2D eigenvalue weighted by atomic mass is 35.5. The lowest BCUT2D eigenvalue weighted by molar-refractivity contribution is 0.0955. The monoisotopic (exact) mass is 389 g/mol. The standard InChI is InChI=1S/C21H27N3O2.ClH/c1-16(25-2)11-14-26-20-9-5-18(6-10-20)15-17-3-7-19(8-4-17)24-21-22-12-13-23-21;/h3-10,16H,11-15H2,1-2H3,(H2,22,23,24);1H. The molecule has 1 unspecified atom stereocenters. The fraction of sp³-hybridized carbons (Fsp3) is 0.381. The van der Waals surface area contributed by atoms with Crippen LogP contribution in [0.5, 0.6) is 5.75 Å². The number of nitrogens with one attached hydrogen (secondary N) is 2. The van der Waals surface area contributed by atoms with Crippen molar-refractivity contribution in [3.63, 3.8) is 0 Å². The predicted octanol–water partition coefficient (Wildman–Crippen LogP) is 3.87. The zero-order valence-electron chi connectivity index (χ0n) is 15.9. The fourth-order valence-electron chi connectivity index (χ4n) is 2.72. The van der Waals surface area contributed by atoms with Crippen LogP contribution in [-0.4, -0.2) is 38.9 Å². The van der Waals surface area contributed by atoms with Gasteiger partial charge in [-0.25, -0.2) is 0 Å². The average Bonchev–Trinajstić information content (AvgIpc) is 3.17. The zero-order valence-corrected chi connectivity index (χ0v) is 16.7. The third-order valence-corrected chi connectivity index (χ3v) is 4.42. The molecule has 1 aliphatic heterocycles. The summed E-state index contributed by atoms with van der Waals surface area (Å²) in [4.78, 5) is 4.34. The van der Waals surface area contributed by atoms with E-state index < -0.39 is 0 Å². The first-order chi connectivity index (χ1) is 12.7. The first kappa shape index (κ1) is 21.1. The van der Waals surface area contributed by atoms with Crippen LogP contribution in [0.1, 0.15) is 24.5 Å². The fourth-order valence-corrected chi connectivity index (χ4v) is 2.72. The van der Waals surface area contributed by atoms with Gasteiger partial charge in [0.2, 0.25) is 0 Å². The molecular weight excluding hydrogens is 362 g/mol. The smallest absolute Gasteiger partial charge is 0.195 e. The summed E-state index contributed by atoms with van der Waals surface area (Å²) in [6.45, 7) is 4.46. The van der Waals surface area contributed by atoms with Gasteiger partial charge in [0.15, 0.2) is 5.96 Å². The predicted molar refractivity (Wildman–Crippen MR) is 113 cm³/mol. The maximum absolute atomic E-state index is 5.76. The summed E-state index contributed by atoms with van der Waals surface area (Å²) in [6, 6.07) is 16.8. The van der Waals surface area contributed by atoms with Gasteiger partial charge < -0.3 is 20.1 Å². The highest BCUT2D eigenvalue weighted by Crippen LogP contribution is 2.17. The topological polar surface area (TPSA) is 54.9 Å². The van der Waals surface area contributed by atoms with E-state index in [0.29, 0.717) is 6.61 Å². The van der Waals surface area contributed by atoms with Crippen LogP contribution in [0.15, 0.2) is 53.5 Å². The molecule has 5 nitrogen and oxygen atoms in total. The van der Waals surface area contributed by atoms with Crippen molar-refractivity contribution in [2.45, 2.75) is 25.9 Å². The second-order valence-corrected chi connectivity index (χ2v) is 6.48. The van der Waals surface area contributed by atoms with Crippen LogP contribution in [0.2, 0.25) is 0 Å². The van der Waals surface area contributed by atoms with Gasteiger partial charge in [-0.15, -0.1) is 12.4 Å². The molecule has 3 rings (SSSR count). The molecule has 0 saturated carbocycles. The maximum atomic E-state index is 5.76. The number of hydrogen-bond acceptors (Lipinski definition) is 5. The Morgan fingerprint density at radius 2 is 1.74 bits per heavy atom. The number of guanidine groups is 1. The van der Waals surface area contributed by atoms with Gasteiger partial charge in [0.1, 0.15) is 5.75 Å². The van der Waals surface area contributed by atoms with E-state index in [-0.39, 0.29) is 18.5 Å². The quantitative estimate of drug-likeness (QED) is 0.719. The molecule has 27 heavy (non-hydrogen) atoms. The van der Waals surface area contributed by atoms with Gasteiger partial charge in [0.05, 0.1) is 19.3 Å². The lowest BCUT2D eigenvalue weighted by atomic mass is 10.0. The number of nitrogens with zero attached hydrogens (tertiary/aromatic N) is 1. The Labute approximate surface area is 167 Å². The Kier molecular flexibility index (Phi) is 8.43. The van der Waals surface area contributed by atoms with Crippen molar-refractivity contribution in [2.24, 2.45) is 4.99 Å². The van der Waals surface area contributed by atoms with Crippen molar-refractivity contribution in [1.82, 2.24) is 5.32 Å². The molecule has 0 bridgehead atoms. The van der Waals surface area contributed by atoms with Gasteiger partial charge in [0, 0.05) is 25.8 Å². The molecule has 2 aromatic carbocycles. The summed E-state index contributed by atoms with van der Waals surface area (Å²) in [5.74, 6) is 1.76. The lowest BCUT2D eigenvalue weighted by Gasteiger charge is -2.11. The van der Waals surface area contributed by atoms with Crippen molar-refractivity contribution >= 4 is 24.1 Å². The number of anilines is 1. The maximum Gasteiger partial charge on any atom is 0.195 e. The Balaban J connectivity index is 0.00000261. The van der Waals surface area contributed by atoms with Crippen LogP contribution < -0.4 is 15.4 Å². The number of benzene rings is 2. The summed E-state index contributed by atoms with van der Waals surface area (Å²) in [7, 11) is 1.72. The van der Waals surface area contributed by atoms with Crippen LogP contribution in [0.25, 0.3) is 0 Å². The van der Waals surface area contributed by atoms with E-state index in [4.69, 9.17) is 9.47 Å². The Bertz CT molecular complexity index is 717. The SMILES string of the molecule is COC(C)CCOc1ccc(Cc2ccc(NC3=NCCN3)cc2)cc1.Cl. The van der Waals surface area contributed by atoms with Crippen LogP contribution in [0.3, 0.4) is 0 Å². The van der Waals surface area contributed by atoms with Crippen molar-refractivity contribution in [3.05, 3.63) is 59.7 Å². The second kappa shape index (κ2) is 10.8. The molecule has 146 valence electrons. The normalized spacial score (nSPS) is 13.9.